The molecule has 0 radical (unpaired) electrons. The summed E-state index contributed by atoms with van der Waals surface area (Å²) in [4.78, 5) is 12.8. The first kappa shape index (κ1) is 12.5. The Kier molecular flexibility index (Phi) is 5.09. The first-order chi connectivity index (χ1) is 7.09. The van der Waals surface area contributed by atoms with Crippen LogP contribution in [-0.2, 0) is 4.79 Å². The van der Waals surface area contributed by atoms with E-state index in [9.17, 15) is 4.79 Å². The Bertz CT molecular complexity index is 204. The molecule has 1 N–H and O–H groups in total. The lowest BCUT2D eigenvalue weighted by Gasteiger charge is -2.17. The number of nitrogens with zero attached hydrogens (tertiary/aromatic N) is 1. The van der Waals surface area contributed by atoms with Gasteiger partial charge in [-0.2, -0.15) is 0 Å². The van der Waals surface area contributed by atoms with Gasteiger partial charge in [-0.3, -0.25) is 4.79 Å². The van der Waals surface area contributed by atoms with Crippen molar-refractivity contribution in [3.8, 4) is 0 Å². The number of likely N-dealkylation sites (tertiary alicyclic amines) is 1. The largest absolute Gasteiger partial charge is 0.481 e. The van der Waals surface area contributed by atoms with E-state index in [4.69, 9.17) is 5.11 Å². The summed E-state index contributed by atoms with van der Waals surface area (Å²) in [6.45, 7) is 8.08. The van der Waals surface area contributed by atoms with Gasteiger partial charge in [-0.05, 0) is 44.2 Å². The molecule has 0 aromatic carbocycles. The van der Waals surface area contributed by atoms with E-state index in [2.05, 4.69) is 18.7 Å². The van der Waals surface area contributed by atoms with Gasteiger partial charge in [0.2, 0.25) is 0 Å². The van der Waals surface area contributed by atoms with Crippen LogP contribution in [0.3, 0.4) is 0 Å². The van der Waals surface area contributed by atoms with Gasteiger partial charge in [-0.1, -0.05) is 13.8 Å². The van der Waals surface area contributed by atoms with Gasteiger partial charge in [0.05, 0.1) is 0 Å². The molecule has 1 fully saturated rings. The summed E-state index contributed by atoms with van der Waals surface area (Å²) in [5.41, 5.74) is 0. The fraction of sp³-hybridized carbons (Fsp3) is 0.917. The van der Waals surface area contributed by atoms with Crippen LogP contribution in [0.25, 0.3) is 0 Å². The lowest BCUT2D eigenvalue weighted by atomic mass is 9.95. The van der Waals surface area contributed by atoms with Crippen LogP contribution in [-0.4, -0.2) is 35.6 Å². The van der Waals surface area contributed by atoms with Crippen LogP contribution in [0.5, 0.6) is 0 Å². The van der Waals surface area contributed by atoms with Crippen molar-refractivity contribution in [3.63, 3.8) is 0 Å². The summed E-state index contributed by atoms with van der Waals surface area (Å²) in [6, 6.07) is 0. The highest BCUT2D eigenvalue weighted by Gasteiger charge is 2.23. The summed E-state index contributed by atoms with van der Waals surface area (Å²) in [7, 11) is 0. The van der Waals surface area contributed by atoms with Crippen molar-refractivity contribution in [2.45, 2.75) is 39.5 Å². The number of rotatable bonds is 6. The van der Waals surface area contributed by atoms with E-state index in [-0.39, 0.29) is 0 Å². The van der Waals surface area contributed by atoms with Gasteiger partial charge in [0.1, 0.15) is 0 Å². The second kappa shape index (κ2) is 6.11. The van der Waals surface area contributed by atoms with Crippen molar-refractivity contribution in [1.29, 1.82) is 0 Å². The molecule has 1 aliphatic heterocycles. The van der Waals surface area contributed by atoms with Gasteiger partial charge >= 0.3 is 5.97 Å². The summed E-state index contributed by atoms with van der Waals surface area (Å²) in [6.07, 6.45) is 3.48. The maximum atomic E-state index is 10.3. The maximum Gasteiger partial charge on any atom is 0.303 e. The molecule has 1 aliphatic rings. The predicted octanol–water partition coefficient (Wildman–Crippen LogP) is 2.22. The molecular weight excluding hydrogens is 190 g/mol. The van der Waals surface area contributed by atoms with E-state index < -0.39 is 5.97 Å². The molecule has 15 heavy (non-hydrogen) atoms. The Morgan fingerprint density at radius 3 is 2.73 bits per heavy atom. The molecule has 3 nitrogen and oxygen atoms in total. The van der Waals surface area contributed by atoms with Gasteiger partial charge in [0.15, 0.2) is 0 Å². The molecule has 88 valence electrons. The fourth-order valence-corrected chi connectivity index (χ4v) is 2.22. The maximum absolute atomic E-state index is 10.3. The molecule has 0 bridgehead atoms. The smallest absolute Gasteiger partial charge is 0.303 e. The minimum absolute atomic E-state index is 0.321. The van der Waals surface area contributed by atoms with Crippen molar-refractivity contribution in [3.05, 3.63) is 0 Å². The van der Waals surface area contributed by atoms with E-state index in [1.807, 2.05) is 0 Å². The van der Waals surface area contributed by atoms with Crippen LogP contribution in [0.2, 0.25) is 0 Å². The Balaban J connectivity index is 2.06. The third-order valence-electron chi connectivity index (χ3n) is 3.37. The lowest BCUT2D eigenvalue weighted by Crippen LogP contribution is -2.23. The standard InChI is InChI=1S/C12H23NO2/c1-10(2)11-6-8-13(9-11)7-4-3-5-12(14)15/h10-11H,3-9H2,1-2H3,(H,14,15). The van der Waals surface area contributed by atoms with E-state index in [0.29, 0.717) is 6.42 Å². The first-order valence-electron chi connectivity index (χ1n) is 6.03. The monoisotopic (exact) mass is 213 g/mol. The molecule has 1 atom stereocenters. The number of aliphatic carboxylic acids is 1. The predicted molar refractivity (Wildman–Crippen MR) is 60.9 cm³/mol. The minimum Gasteiger partial charge on any atom is -0.481 e. The van der Waals surface area contributed by atoms with Crippen LogP contribution in [0.15, 0.2) is 0 Å². The normalized spacial score (nSPS) is 22.5. The van der Waals surface area contributed by atoms with Gasteiger partial charge in [0, 0.05) is 13.0 Å². The highest BCUT2D eigenvalue weighted by atomic mass is 16.4. The average molecular weight is 213 g/mol. The average Bonchev–Trinajstić information content (AvgIpc) is 2.60. The second-order valence-electron chi connectivity index (χ2n) is 4.94. The molecule has 1 unspecified atom stereocenters. The molecule has 0 aliphatic carbocycles. The summed E-state index contributed by atoms with van der Waals surface area (Å²) < 4.78 is 0. The molecule has 1 saturated heterocycles. The molecular formula is C12H23NO2. The van der Waals surface area contributed by atoms with Gasteiger partial charge in [-0.25, -0.2) is 0 Å². The highest BCUT2D eigenvalue weighted by molar-refractivity contribution is 5.66. The number of carboxylic acids is 1. The number of carbonyl (C=O) groups is 1. The third kappa shape index (κ3) is 4.65. The zero-order valence-corrected chi connectivity index (χ0v) is 9.91. The zero-order valence-electron chi connectivity index (χ0n) is 9.91. The number of hydrogen-bond donors (Lipinski definition) is 1. The van der Waals surface area contributed by atoms with Crippen LogP contribution in [0.1, 0.15) is 39.5 Å². The molecule has 1 rings (SSSR count). The fourth-order valence-electron chi connectivity index (χ4n) is 2.22. The third-order valence-corrected chi connectivity index (χ3v) is 3.37. The second-order valence-corrected chi connectivity index (χ2v) is 4.94. The number of carboxylic acid groups (broad SMARTS) is 1. The molecule has 0 amide bonds. The van der Waals surface area contributed by atoms with Crippen LogP contribution in [0, 0.1) is 11.8 Å². The Morgan fingerprint density at radius 2 is 2.20 bits per heavy atom. The minimum atomic E-state index is -0.670. The topological polar surface area (TPSA) is 40.5 Å². The van der Waals surface area contributed by atoms with Gasteiger partial charge < -0.3 is 10.0 Å². The zero-order chi connectivity index (χ0) is 11.3. The number of unbranched alkanes of at least 4 members (excludes halogenated alkanes) is 1. The Hall–Kier alpha value is -0.570. The van der Waals surface area contributed by atoms with E-state index in [1.54, 1.807) is 0 Å². The Labute approximate surface area is 92.5 Å². The number of hydrogen-bond acceptors (Lipinski definition) is 2. The van der Waals surface area contributed by atoms with Crippen LogP contribution >= 0.6 is 0 Å². The SMILES string of the molecule is CC(C)C1CCN(CCCCC(=O)O)C1. The van der Waals surface area contributed by atoms with Crippen molar-refractivity contribution in [2.75, 3.05) is 19.6 Å². The molecule has 0 spiro atoms. The Morgan fingerprint density at radius 1 is 1.47 bits per heavy atom. The lowest BCUT2D eigenvalue weighted by molar-refractivity contribution is -0.137. The summed E-state index contributed by atoms with van der Waals surface area (Å²) >= 11 is 0. The van der Waals surface area contributed by atoms with Crippen LogP contribution in [0.4, 0.5) is 0 Å². The van der Waals surface area contributed by atoms with Crippen LogP contribution < -0.4 is 0 Å². The van der Waals surface area contributed by atoms with Crippen molar-refractivity contribution >= 4 is 5.97 Å². The molecule has 0 aromatic rings. The van der Waals surface area contributed by atoms with E-state index in [0.717, 1.165) is 31.2 Å². The van der Waals surface area contributed by atoms with Gasteiger partial charge in [0.25, 0.3) is 0 Å². The molecule has 0 saturated carbocycles. The highest BCUT2D eigenvalue weighted by Crippen LogP contribution is 2.23. The van der Waals surface area contributed by atoms with Crippen molar-refractivity contribution in [1.82, 2.24) is 4.90 Å². The molecule has 0 aromatic heterocycles. The van der Waals surface area contributed by atoms with Crippen molar-refractivity contribution in [2.24, 2.45) is 11.8 Å². The first-order valence-corrected chi connectivity index (χ1v) is 6.03. The van der Waals surface area contributed by atoms with Crippen molar-refractivity contribution < 1.29 is 9.90 Å². The molecule has 3 heteroatoms. The van der Waals surface area contributed by atoms with Gasteiger partial charge in [-0.15, -0.1) is 0 Å². The van der Waals surface area contributed by atoms with E-state index >= 15 is 0 Å². The van der Waals surface area contributed by atoms with E-state index in [1.165, 1.54) is 19.5 Å². The summed E-state index contributed by atoms with van der Waals surface area (Å²) in [5, 5.41) is 8.51. The molecule has 1 heterocycles. The quantitative estimate of drug-likeness (QED) is 0.688. The summed E-state index contributed by atoms with van der Waals surface area (Å²) in [5.74, 6) is 0.968.